The maximum atomic E-state index is 11.9. The molecule has 1 saturated carbocycles. The summed E-state index contributed by atoms with van der Waals surface area (Å²) in [6.45, 7) is 0.257. The minimum atomic E-state index is -0.617. The number of phenols is 1. The van der Waals surface area contributed by atoms with Gasteiger partial charge in [0.15, 0.2) is 0 Å². The van der Waals surface area contributed by atoms with Gasteiger partial charge in [0, 0.05) is 12.6 Å². The summed E-state index contributed by atoms with van der Waals surface area (Å²) < 4.78 is 0. The second-order valence-electron chi connectivity index (χ2n) is 4.40. The van der Waals surface area contributed by atoms with Crippen LogP contribution in [0.5, 0.6) is 5.75 Å². The lowest BCUT2D eigenvalue weighted by atomic mass is 10.1. The minimum Gasteiger partial charge on any atom is -0.506 e. The standard InChI is InChI=1S/C11H13N3O4/c12-6-11(3-4-11)10(16)13-8-2-1-7(14(17)18)5-9(8)15/h1-2,5,15H,3-4,6,12H2,(H,13,16). The van der Waals surface area contributed by atoms with Crippen molar-refractivity contribution < 1.29 is 14.8 Å². The van der Waals surface area contributed by atoms with Crippen LogP contribution in [0.2, 0.25) is 0 Å². The van der Waals surface area contributed by atoms with Crippen LogP contribution < -0.4 is 11.1 Å². The number of amides is 1. The molecule has 7 nitrogen and oxygen atoms in total. The van der Waals surface area contributed by atoms with E-state index in [1.807, 2.05) is 0 Å². The number of anilines is 1. The highest BCUT2D eigenvalue weighted by atomic mass is 16.6. The van der Waals surface area contributed by atoms with E-state index in [0.29, 0.717) is 0 Å². The van der Waals surface area contributed by atoms with Crippen LogP contribution in [0.4, 0.5) is 11.4 Å². The first-order chi connectivity index (χ1) is 8.48. The predicted octanol–water partition coefficient (Wildman–Crippen LogP) is 0.978. The highest BCUT2D eigenvalue weighted by Crippen LogP contribution is 2.45. The third kappa shape index (κ3) is 2.12. The van der Waals surface area contributed by atoms with E-state index in [2.05, 4.69) is 5.32 Å². The van der Waals surface area contributed by atoms with E-state index in [-0.39, 0.29) is 29.6 Å². The Morgan fingerprint density at radius 1 is 1.56 bits per heavy atom. The monoisotopic (exact) mass is 251 g/mol. The first kappa shape index (κ1) is 12.3. The van der Waals surface area contributed by atoms with Crippen LogP contribution in [0.1, 0.15) is 12.8 Å². The second kappa shape index (κ2) is 4.26. The molecule has 2 rings (SSSR count). The highest BCUT2D eigenvalue weighted by molar-refractivity contribution is 5.98. The number of rotatable bonds is 4. The molecule has 0 heterocycles. The van der Waals surface area contributed by atoms with Crippen molar-refractivity contribution in [2.45, 2.75) is 12.8 Å². The molecule has 0 aliphatic heterocycles. The number of aromatic hydroxyl groups is 1. The fourth-order valence-electron chi connectivity index (χ4n) is 1.67. The van der Waals surface area contributed by atoms with E-state index in [0.717, 1.165) is 18.9 Å². The molecule has 1 amide bonds. The van der Waals surface area contributed by atoms with E-state index in [9.17, 15) is 20.0 Å². The Labute approximate surface area is 103 Å². The molecule has 0 radical (unpaired) electrons. The van der Waals surface area contributed by atoms with Gasteiger partial charge in [-0.15, -0.1) is 0 Å². The summed E-state index contributed by atoms with van der Waals surface area (Å²) in [6, 6.07) is 3.52. The Balaban J connectivity index is 2.15. The lowest BCUT2D eigenvalue weighted by molar-refractivity contribution is -0.384. The summed E-state index contributed by atoms with van der Waals surface area (Å²) in [4.78, 5) is 21.7. The molecule has 4 N–H and O–H groups in total. The zero-order chi connectivity index (χ0) is 13.3. The maximum absolute atomic E-state index is 11.9. The lowest BCUT2D eigenvalue weighted by Crippen LogP contribution is -2.30. The average molecular weight is 251 g/mol. The van der Waals surface area contributed by atoms with Crippen LogP contribution in [0.25, 0.3) is 0 Å². The quantitative estimate of drug-likeness (QED) is 0.418. The molecule has 7 heteroatoms. The molecule has 0 aromatic heterocycles. The molecular weight excluding hydrogens is 238 g/mol. The number of hydrogen-bond donors (Lipinski definition) is 3. The Bertz CT molecular complexity index is 511. The Morgan fingerprint density at radius 3 is 2.67 bits per heavy atom. The number of nitrogens with one attached hydrogen (secondary N) is 1. The molecule has 0 atom stereocenters. The first-order valence-electron chi connectivity index (χ1n) is 5.47. The molecule has 0 bridgehead atoms. The van der Waals surface area contributed by atoms with Gasteiger partial charge in [0.05, 0.1) is 22.1 Å². The van der Waals surface area contributed by atoms with Crippen LogP contribution in [0.3, 0.4) is 0 Å². The Morgan fingerprint density at radius 2 is 2.22 bits per heavy atom. The number of non-ortho nitro benzene ring substituents is 1. The Hall–Kier alpha value is -2.15. The molecule has 0 spiro atoms. The number of benzene rings is 1. The lowest BCUT2D eigenvalue weighted by Gasteiger charge is -2.13. The van der Waals surface area contributed by atoms with Gasteiger partial charge in [0.25, 0.3) is 5.69 Å². The number of nitrogens with two attached hydrogens (primary N) is 1. The summed E-state index contributed by atoms with van der Waals surface area (Å²) in [5, 5.41) is 22.6. The van der Waals surface area contributed by atoms with Crippen molar-refractivity contribution in [3.8, 4) is 5.75 Å². The van der Waals surface area contributed by atoms with Gasteiger partial charge in [0.2, 0.25) is 5.91 Å². The number of hydrogen-bond acceptors (Lipinski definition) is 5. The normalized spacial score (nSPS) is 16.1. The third-order valence-electron chi connectivity index (χ3n) is 3.17. The number of nitrogens with zero attached hydrogens (tertiary/aromatic N) is 1. The van der Waals surface area contributed by atoms with Crippen molar-refractivity contribution in [3.63, 3.8) is 0 Å². The zero-order valence-corrected chi connectivity index (χ0v) is 9.55. The van der Waals surface area contributed by atoms with Crippen molar-refractivity contribution in [1.29, 1.82) is 0 Å². The van der Waals surface area contributed by atoms with Crippen molar-refractivity contribution in [1.82, 2.24) is 0 Å². The molecule has 0 unspecified atom stereocenters. The van der Waals surface area contributed by atoms with Gasteiger partial charge in [-0.05, 0) is 18.9 Å². The first-order valence-corrected chi connectivity index (χ1v) is 5.47. The van der Waals surface area contributed by atoms with Crippen LogP contribution >= 0.6 is 0 Å². The fraction of sp³-hybridized carbons (Fsp3) is 0.364. The molecule has 1 aliphatic carbocycles. The van der Waals surface area contributed by atoms with E-state index in [1.54, 1.807) is 0 Å². The molecule has 0 saturated heterocycles. The van der Waals surface area contributed by atoms with Crippen molar-refractivity contribution in [2.75, 3.05) is 11.9 Å². The molecular formula is C11H13N3O4. The van der Waals surface area contributed by atoms with E-state index >= 15 is 0 Å². The predicted molar refractivity (Wildman–Crippen MR) is 64.1 cm³/mol. The van der Waals surface area contributed by atoms with Gasteiger partial charge in [0.1, 0.15) is 5.75 Å². The molecule has 1 aromatic carbocycles. The Kier molecular flexibility index (Phi) is 2.92. The zero-order valence-electron chi connectivity index (χ0n) is 9.55. The number of phenolic OH excluding ortho intramolecular Hbond substituents is 1. The molecule has 18 heavy (non-hydrogen) atoms. The number of nitro groups is 1. The third-order valence-corrected chi connectivity index (χ3v) is 3.17. The average Bonchev–Trinajstić information content (AvgIpc) is 3.12. The maximum Gasteiger partial charge on any atom is 0.273 e. The van der Waals surface area contributed by atoms with Crippen LogP contribution in [0.15, 0.2) is 18.2 Å². The fourth-order valence-corrected chi connectivity index (χ4v) is 1.67. The van der Waals surface area contributed by atoms with Crippen LogP contribution in [0, 0.1) is 15.5 Å². The van der Waals surface area contributed by atoms with E-state index in [1.165, 1.54) is 12.1 Å². The van der Waals surface area contributed by atoms with Crippen molar-refractivity contribution >= 4 is 17.3 Å². The summed E-state index contributed by atoms with van der Waals surface area (Å²) in [5.74, 6) is -0.584. The number of nitro benzene ring substituents is 1. The summed E-state index contributed by atoms with van der Waals surface area (Å²) in [6.07, 6.45) is 1.45. The topological polar surface area (TPSA) is 118 Å². The largest absolute Gasteiger partial charge is 0.506 e. The second-order valence-corrected chi connectivity index (χ2v) is 4.40. The summed E-state index contributed by atoms with van der Waals surface area (Å²) in [7, 11) is 0. The van der Waals surface area contributed by atoms with Crippen LogP contribution in [-0.4, -0.2) is 22.5 Å². The highest BCUT2D eigenvalue weighted by Gasteiger charge is 2.48. The van der Waals surface area contributed by atoms with Crippen molar-refractivity contribution in [3.05, 3.63) is 28.3 Å². The smallest absolute Gasteiger partial charge is 0.273 e. The molecule has 1 fully saturated rings. The molecule has 1 aliphatic rings. The van der Waals surface area contributed by atoms with Gasteiger partial charge in [-0.25, -0.2) is 0 Å². The van der Waals surface area contributed by atoms with Crippen molar-refractivity contribution in [2.24, 2.45) is 11.1 Å². The minimum absolute atomic E-state index is 0.158. The van der Waals surface area contributed by atoms with Gasteiger partial charge >= 0.3 is 0 Å². The number of carbonyl (C=O) groups excluding carboxylic acids is 1. The van der Waals surface area contributed by atoms with E-state index < -0.39 is 10.3 Å². The van der Waals surface area contributed by atoms with Gasteiger partial charge in [-0.3, -0.25) is 14.9 Å². The van der Waals surface area contributed by atoms with Gasteiger partial charge in [-0.2, -0.15) is 0 Å². The van der Waals surface area contributed by atoms with Gasteiger partial charge in [-0.1, -0.05) is 0 Å². The van der Waals surface area contributed by atoms with Crippen LogP contribution in [-0.2, 0) is 4.79 Å². The van der Waals surface area contributed by atoms with E-state index in [4.69, 9.17) is 5.73 Å². The van der Waals surface area contributed by atoms with Gasteiger partial charge < -0.3 is 16.2 Å². The summed E-state index contributed by atoms with van der Waals surface area (Å²) >= 11 is 0. The SMILES string of the molecule is NCC1(C(=O)Nc2ccc([N+](=O)[O-])cc2O)CC1. The molecule has 96 valence electrons. The summed E-state index contributed by atoms with van der Waals surface area (Å²) in [5.41, 5.74) is 4.91. The molecule has 1 aromatic rings. The number of carbonyl (C=O) groups is 1.